The fourth-order valence-corrected chi connectivity index (χ4v) is 3.21. The van der Waals surface area contributed by atoms with Gasteiger partial charge < -0.3 is 9.64 Å². The summed E-state index contributed by atoms with van der Waals surface area (Å²) in [4.78, 5) is 14.2. The number of aryl methyl sites for hydroxylation is 2. The molecule has 5 heteroatoms. The summed E-state index contributed by atoms with van der Waals surface area (Å²) >= 11 is 0. The minimum Gasteiger partial charge on any atom is -0.376 e. The Morgan fingerprint density at radius 1 is 1.30 bits per heavy atom. The van der Waals surface area contributed by atoms with E-state index in [0.717, 1.165) is 51.1 Å². The maximum absolute atomic E-state index is 12.2. The third kappa shape index (κ3) is 2.73. The first-order chi connectivity index (χ1) is 9.75. The van der Waals surface area contributed by atoms with Crippen LogP contribution in [-0.4, -0.2) is 40.3 Å². The predicted molar refractivity (Wildman–Crippen MR) is 75.3 cm³/mol. The second-order valence-corrected chi connectivity index (χ2v) is 5.74. The monoisotopic (exact) mass is 277 g/mol. The van der Waals surface area contributed by atoms with Gasteiger partial charge >= 0.3 is 0 Å². The molecule has 0 unspecified atom stereocenters. The quantitative estimate of drug-likeness (QED) is 0.840. The van der Waals surface area contributed by atoms with Gasteiger partial charge in [-0.3, -0.25) is 9.48 Å². The summed E-state index contributed by atoms with van der Waals surface area (Å²) in [5.74, 6) is 0.279. The fraction of sp³-hybridized carbons (Fsp3) is 0.733. The summed E-state index contributed by atoms with van der Waals surface area (Å²) in [5, 5.41) is 4.58. The van der Waals surface area contributed by atoms with E-state index in [2.05, 4.69) is 5.10 Å². The number of piperidine rings is 1. The van der Waals surface area contributed by atoms with E-state index in [9.17, 15) is 4.79 Å². The molecule has 110 valence electrons. The van der Waals surface area contributed by atoms with E-state index in [1.165, 1.54) is 17.7 Å². The van der Waals surface area contributed by atoms with E-state index in [-0.39, 0.29) is 5.91 Å². The highest BCUT2D eigenvalue weighted by atomic mass is 16.5. The van der Waals surface area contributed by atoms with Crippen LogP contribution < -0.4 is 0 Å². The molecule has 0 aliphatic carbocycles. The number of carbonyl (C=O) groups is 1. The molecule has 0 spiro atoms. The standard InChI is InChI=1S/C15H23N3O2/c1-17-14-7-10-20-11-12(14)13(16-17)5-6-15(19)18-8-3-2-4-9-18/h2-11H2,1H3. The molecule has 0 atom stereocenters. The molecule has 1 amide bonds. The van der Waals surface area contributed by atoms with E-state index in [4.69, 9.17) is 4.74 Å². The molecule has 1 aromatic heterocycles. The third-order valence-corrected chi connectivity index (χ3v) is 4.37. The minimum atomic E-state index is 0.279. The lowest BCUT2D eigenvalue weighted by Gasteiger charge is -2.26. The Hall–Kier alpha value is -1.36. The summed E-state index contributed by atoms with van der Waals surface area (Å²) in [6, 6.07) is 0. The first-order valence-corrected chi connectivity index (χ1v) is 7.65. The van der Waals surface area contributed by atoms with Gasteiger partial charge in [0.2, 0.25) is 5.91 Å². The Morgan fingerprint density at radius 2 is 2.10 bits per heavy atom. The van der Waals surface area contributed by atoms with Crippen molar-refractivity contribution in [1.29, 1.82) is 0 Å². The number of fused-ring (bicyclic) bond motifs is 1. The number of hydrogen-bond donors (Lipinski definition) is 0. The second-order valence-electron chi connectivity index (χ2n) is 5.74. The summed E-state index contributed by atoms with van der Waals surface area (Å²) in [6.45, 7) is 3.29. The van der Waals surface area contributed by atoms with Crippen LogP contribution in [0, 0.1) is 0 Å². The number of amides is 1. The smallest absolute Gasteiger partial charge is 0.222 e. The van der Waals surface area contributed by atoms with Gasteiger partial charge in [0.05, 0.1) is 18.9 Å². The van der Waals surface area contributed by atoms with Crippen LogP contribution >= 0.6 is 0 Å². The number of nitrogens with zero attached hydrogens (tertiary/aromatic N) is 3. The molecule has 3 rings (SSSR count). The van der Waals surface area contributed by atoms with Gasteiger partial charge in [-0.2, -0.15) is 5.10 Å². The lowest BCUT2D eigenvalue weighted by molar-refractivity contribution is -0.132. The van der Waals surface area contributed by atoms with Gasteiger partial charge in [0, 0.05) is 50.7 Å². The van der Waals surface area contributed by atoms with Gasteiger partial charge in [0.15, 0.2) is 0 Å². The number of likely N-dealkylation sites (tertiary alicyclic amines) is 1. The minimum absolute atomic E-state index is 0.279. The fourth-order valence-electron chi connectivity index (χ4n) is 3.21. The molecule has 1 aromatic rings. The van der Waals surface area contributed by atoms with Crippen LogP contribution in [0.15, 0.2) is 0 Å². The molecule has 20 heavy (non-hydrogen) atoms. The molecule has 1 saturated heterocycles. The van der Waals surface area contributed by atoms with Gasteiger partial charge in [-0.15, -0.1) is 0 Å². The highest BCUT2D eigenvalue weighted by Crippen LogP contribution is 2.21. The van der Waals surface area contributed by atoms with Gasteiger partial charge in [0.25, 0.3) is 0 Å². The first-order valence-electron chi connectivity index (χ1n) is 7.65. The number of carbonyl (C=O) groups excluding carboxylic acids is 1. The van der Waals surface area contributed by atoms with Gasteiger partial charge in [0.1, 0.15) is 0 Å². The van der Waals surface area contributed by atoms with Crippen molar-refractivity contribution in [2.24, 2.45) is 7.05 Å². The molecule has 0 bridgehead atoms. The lowest BCUT2D eigenvalue weighted by atomic mass is 10.1. The molecule has 0 radical (unpaired) electrons. The summed E-state index contributed by atoms with van der Waals surface area (Å²) in [7, 11) is 1.99. The Balaban J connectivity index is 1.62. The average Bonchev–Trinajstić information content (AvgIpc) is 2.83. The van der Waals surface area contributed by atoms with E-state index in [1.54, 1.807) is 0 Å². The van der Waals surface area contributed by atoms with Crippen LogP contribution in [-0.2, 0) is 36.0 Å². The highest BCUT2D eigenvalue weighted by molar-refractivity contribution is 5.76. The zero-order chi connectivity index (χ0) is 13.9. The van der Waals surface area contributed by atoms with Crippen molar-refractivity contribution in [1.82, 2.24) is 14.7 Å². The Kier molecular flexibility index (Phi) is 4.05. The van der Waals surface area contributed by atoms with Crippen molar-refractivity contribution in [2.75, 3.05) is 19.7 Å². The predicted octanol–water partition coefficient (Wildman–Crippen LogP) is 1.44. The molecule has 5 nitrogen and oxygen atoms in total. The zero-order valence-electron chi connectivity index (χ0n) is 12.2. The molecule has 3 heterocycles. The molecule has 2 aliphatic heterocycles. The number of ether oxygens (including phenoxy) is 1. The second kappa shape index (κ2) is 5.95. The maximum Gasteiger partial charge on any atom is 0.222 e. The van der Waals surface area contributed by atoms with Crippen molar-refractivity contribution < 1.29 is 9.53 Å². The van der Waals surface area contributed by atoms with E-state index in [1.807, 2.05) is 16.6 Å². The zero-order valence-corrected chi connectivity index (χ0v) is 12.2. The molecule has 2 aliphatic rings. The van der Waals surface area contributed by atoms with Crippen LogP contribution in [0.25, 0.3) is 0 Å². The van der Waals surface area contributed by atoms with Crippen LogP contribution in [0.3, 0.4) is 0 Å². The van der Waals surface area contributed by atoms with Gasteiger partial charge in [-0.25, -0.2) is 0 Å². The first kappa shape index (κ1) is 13.6. The summed E-state index contributed by atoms with van der Waals surface area (Å²) in [5.41, 5.74) is 3.54. The van der Waals surface area contributed by atoms with Gasteiger partial charge in [-0.1, -0.05) is 0 Å². The highest BCUT2D eigenvalue weighted by Gasteiger charge is 2.21. The molecule has 0 saturated carbocycles. The SMILES string of the molecule is Cn1nc(CCC(=O)N2CCCCC2)c2c1CCOC2. The Labute approximate surface area is 119 Å². The summed E-state index contributed by atoms with van der Waals surface area (Å²) < 4.78 is 7.48. The normalized spacial score (nSPS) is 18.9. The maximum atomic E-state index is 12.2. The van der Waals surface area contributed by atoms with Crippen molar-refractivity contribution >= 4 is 5.91 Å². The number of hydrogen-bond acceptors (Lipinski definition) is 3. The average molecular weight is 277 g/mol. The van der Waals surface area contributed by atoms with Crippen molar-refractivity contribution in [2.45, 2.75) is 45.1 Å². The lowest BCUT2D eigenvalue weighted by Crippen LogP contribution is -2.35. The van der Waals surface area contributed by atoms with Crippen LogP contribution in [0.5, 0.6) is 0 Å². The van der Waals surface area contributed by atoms with E-state index < -0.39 is 0 Å². The molecule has 0 aromatic carbocycles. The van der Waals surface area contributed by atoms with Gasteiger partial charge in [-0.05, 0) is 19.3 Å². The van der Waals surface area contributed by atoms with Crippen LogP contribution in [0.2, 0.25) is 0 Å². The van der Waals surface area contributed by atoms with Crippen molar-refractivity contribution in [3.8, 4) is 0 Å². The number of rotatable bonds is 3. The van der Waals surface area contributed by atoms with Crippen molar-refractivity contribution in [3.05, 3.63) is 17.0 Å². The topological polar surface area (TPSA) is 47.4 Å². The van der Waals surface area contributed by atoms with Crippen LogP contribution in [0.1, 0.15) is 42.6 Å². The number of aromatic nitrogens is 2. The third-order valence-electron chi connectivity index (χ3n) is 4.37. The molecular weight excluding hydrogens is 254 g/mol. The molecule has 0 N–H and O–H groups in total. The summed E-state index contributed by atoms with van der Waals surface area (Å²) in [6.07, 6.45) is 5.80. The Morgan fingerprint density at radius 3 is 2.90 bits per heavy atom. The Bertz CT molecular complexity index is 490. The molecule has 1 fully saturated rings. The largest absolute Gasteiger partial charge is 0.376 e. The van der Waals surface area contributed by atoms with E-state index in [0.29, 0.717) is 13.0 Å². The van der Waals surface area contributed by atoms with Crippen molar-refractivity contribution in [3.63, 3.8) is 0 Å². The van der Waals surface area contributed by atoms with Crippen LogP contribution in [0.4, 0.5) is 0 Å². The van der Waals surface area contributed by atoms with E-state index >= 15 is 0 Å². The molecular formula is C15H23N3O2.